The fraction of sp³-hybridized carbons (Fsp3) is 0.0588. The number of imidazole rings is 1. The first-order valence-corrected chi connectivity index (χ1v) is 6.75. The van der Waals surface area contributed by atoms with Crippen LogP contribution >= 0.6 is 0 Å². The summed E-state index contributed by atoms with van der Waals surface area (Å²) in [6.45, 7) is 0. The first-order valence-electron chi connectivity index (χ1n) is 6.75. The number of rotatable bonds is 2. The Hall–Kier alpha value is -2.75. The average Bonchev–Trinajstić information content (AvgIpc) is 2.92. The lowest BCUT2D eigenvalue weighted by atomic mass is 10.1. The minimum atomic E-state index is -0.300. The lowest BCUT2D eigenvalue weighted by Gasteiger charge is -2.04. The van der Waals surface area contributed by atoms with Gasteiger partial charge in [-0.25, -0.2) is 9.37 Å². The molecule has 0 radical (unpaired) electrons. The van der Waals surface area contributed by atoms with Crippen molar-refractivity contribution in [3.63, 3.8) is 0 Å². The minimum absolute atomic E-state index is 0.300. The molecule has 0 aliphatic carbocycles. The predicted octanol–water partition coefficient (Wildman–Crippen LogP) is 3.61. The Morgan fingerprint density at radius 3 is 2.95 bits per heavy atom. The fourth-order valence-electron chi connectivity index (χ4n) is 2.60. The summed E-state index contributed by atoms with van der Waals surface area (Å²) < 4.78 is 15.4. The minimum Gasteiger partial charge on any atom is -0.301 e. The molecule has 0 saturated carbocycles. The molecule has 0 N–H and O–H groups in total. The van der Waals surface area contributed by atoms with Crippen molar-refractivity contribution in [3.05, 3.63) is 78.1 Å². The van der Waals surface area contributed by atoms with Crippen LogP contribution in [0.5, 0.6) is 0 Å². The zero-order valence-electron chi connectivity index (χ0n) is 11.2. The molecule has 102 valence electrons. The molecule has 0 aliphatic rings. The van der Waals surface area contributed by atoms with Gasteiger partial charge in [-0.1, -0.05) is 12.1 Å². The van der Waals surface area contributed by atoms with Gasteiger partial charge in [0.25, 0.3) is 0 Å². The molecule has 0 bridgehead atoms. The highest BCUT2D eigenvalue weighted by Gasteiger charge is 2.08. The van der Waals surface area contributed by atoms with Gasteiger partial charge in [-0.3, -0.25) is 4.98 Å². The maximum atomic E-state index is 13.7. The van der Waals surface area contributed by atoms with Gasteiger partial charge in [0.15, 0.2) is 11.5 Å². The van der Waals surface area contributed by atoms with Gasteiger partial charge in [0.2, 0.25) is 0 Å². The van der Waals surface area contributed by atoms with Crippen LogP contribution in [0.25, 0.3) is 16.6 Å². The highest BCUT2D eigenvalue weighted by molar-refractivity contribution is 5.79. The average molecular weight is 277 g/mol. The van der Waals surface area contributed by atoms with Crippen LogP contribution in [0.15, 0.2) is 61.1 Å². The molecule has 1 aromatic carbocycles. The van der Waals surface area contributed by atoms with E-state index in [-0.39, 0.29) is 5.82 Å². The first-order chi connectivity index (χ1) is 10.3. The van der Waals surface area contributed by atoms with E-state index in [0.717, 1.165) is 22.2 Å². The Labute approximate surface area is 120 Å². The molecule has 3 nitrogen and oxygen atoms in total. The van der Waals surface area contributed by atoms with Crippen molar-refractivity contribution >= 4 is 16.6 Å². The topological polar surface area (TPSA) is 30.2 Å². The Balaban J connectivity index is 1.77. The van der Waals surface area contributed by atoms with Crippen LogP contribution < -0.4 is 0 Å². The summed E-state index contributed by atoms with van der Waals surface area (Å²) in [6, 6.07) is 13.3. The van der Waals surface area contributed by atoms with Gasteiger partial charge < -0.3 is 4.40 Å². The molecule has 3 aromatic heterocycles. The lowest BCUT2D eigenvalue weighted by molar-refractivity contribution is 0.629. The number of halogens is 1. The molecule has 0 atom stereocenters. The van der Waals surface area contributed by atoms with E-state index >= 15 is 0 Å². The van der Waals surface area contributed by atoms with Crippen molar-refractivity contribution < 1.29 is 4.39 Å². The van der Waals surface area contributed by atoms with Gasteiger partial charge in [-0.05, 0) is 35.9 Å². The van der Waals surface area contributed by atoms with E-state index in [0.29, 0.717) is 12.1 Å². The molecule has 4 rings (SSSR count). The predicted molar refractivity (Wildman–Crippen MR) is 79.7 cm³/mol. The van der Waals surface area contributed by atoms with Crippen molar-refractivity contribution in [1.82, 2.24) is 14.4 Å². The van der Waals surface area contributed by atoms with E-state index in [1.165, 1.54) is 6.07 Å². The summed E-state index contributed by atoms with van der Waals surface area (Å²) in [5.41, 5.74) is 3.47. The van der Waals surface area contributed by atoms with Gasteiger partial charge in [-0.15, -0.1) is 0 Å². The molecule has 0 spiro atoms. The third-order valence-corrected chi connectivity index (χ3v) is 3.62. The van der Waals surface area contributed by atoms with Crippen LogP contribution in [0, 0.1) is 5.82 Å². The normalized spacial score (nSPS) is 11.3. The maximum Gasteiger partial charge on any atom is 0.173 e. The number of hydrogen-bond acceptors (Lipinski definition) is 2. The zero-order valence-corrected chi connectivity index (χ0v) is 11.2. The van der Waals surface area contributed by atoms with Crippen LogP contribution in [-0.2, 0) is 6.42 Å². The van der Waals surface area contributed by atoms with Crippen molar-refractivity contribution in [2.24, 2.45) is 0 Å². The van der Waals surface area contributed by atoms with Gasteiger partial charge in [0, 0.05) is 36.1 Å². The summed E-state index contributed by atoms with van der Waals surface area (Å²) in [7, 11) is 0. The summed E-state index contributed by atoms with van der Waals surface area (Å²) in [5, 5.41) is 1.11. The number of aromatic nitrogens is 3. The second-order valence-corrected chi connectivity index (χ2v) is 5.01. The largest absolute Gasteiger partial charge is 0.301 e. The lowest BCUT2D eigenvalue weighted by Crippen LogP contribution is -1.95. The van der Waals surface area contributed by atoms with Crippen molar-refractivity contribution in [2.75, 3.05) is 0 Å². The second-order valence-electron chi connectivity index (χ2n) is 5.01. The van der Waals surface area contributed by atoms with Crippen molar-refractivity contribution in [3.8, 4) is 0 Å². The maximum absolute atomic E-state index is 13.7. The van der Waals surface area contributed by atoms with Gasteiger partial charge in [0.1, 0.15) is 0 Å². The number of pyridine rings is 2. The highest BCUT2D eigenvalue weighted by Crippen LogP contribution is 2.18. The summed E-state index contributed by atoms with van der Waals surface area (Å²) >= 11 is 0. The van der Waals surface area contributed by atoms with Crippen molar-refractivity contribution in [2.45, 2.75) is 6.42 Å². The fourth-order valence-corrected chi connectivity index (χ4v) is 2.60. The monoisotopic (exact) mass is 277 g/mol. The Morgan fingerprint density at radius 1 is 1.05 bits per heavy atom. The van der Waals surface area contributed by atoms with Crippen LogP contribution in [0.1, 0.15) is 11.3 Å². The number of benzene rings is 1. The second kappa shape index (κ2) is 4.66. The van der Waals surface area contributed by atoms with Gasteiger partial charge in [-0.2, -0.15) is 0 Å². The van der Waals surface area contributed by atoms with Crippen molar-refractivity contribution in [1.29, 1.82) is 0 Å². The molecule has 0 unspecified atom stereocenters. The van der Waals surface area contributed by atoms with E-state index in [4.69, 9.17) is 0 Å². The van der Waals surface area contributed by atoms with E-state index in [1.54, 1.807) is 22.9 Å². The highest BCUT2D eigenvalue weighted by atomic mass is 19.1. The van der Waals surface area contributed by atoms with Crippen LogP contribution in [0.2, 0.25) is 0 Å². The zero-order chi connectivity index (χ0) is 14.2. The number of hydrogen-bond donors (Lipinski definition) is 0. The van der Waals surface area contributed by atoms with Gasteiger partial charge >= 0.3 is 0 Å². The Kier molecular flexibility index (Phi) is 2.67. The molecule has 3 heterocycles. The molecular weight excluding hydrogens is 265 g/mol. The molecule has 0 aliphatic heterocycles. The third-order valence-electron chi connectivity index (χ3n) is 3.62. The molecule has 0 fully saturated rings. The molecule has 0 amide bonds. The molecule has 0 saturated heterocycles. The smallest absolute Gasteiger partial charge is 0.173 e. The third kappa shape index (κ3) is 2.05. The summed E-state index contributed by atoms with van der Waals surface area (Å²) in [6.07, 6.45) is 6.06. The van der Waals surface area contributed by atoms with E-state index in [1.807, 2.05) is 30.5 Å². The molecular formula is C17H12FN3. The number of nitrogens with zero attached hydrogens (tertiary/aromatic N) is 3. The van der Waals surface area contributed by atoms with Crippen LogP contribution in [-0.4, -0.2) is 14.4 Å². The molecule has 4 aromatic rings. The molecule has 21 heavy (non-hydrogen) atoms. The SMILES string of the molecule is Fc1cccn2c(Cc3ccc4ncccc4c3)cnc12. The van der Waals surface area contributed by atoms with Crippen LogP contribution in [0.4, 0.5) is 4.39 Å². The summed E-state index contributed by atoms with van der Waals surface area (Å²) in [4.78, 5) is 8.47. The standard InChI is InChI=1S/C17H12FN3/c18-15-4-2-8-21-14(11-20-17(15)21)10-12-5-6-16-13(9-12)3-1-7-19-16/h1-9,11H,10H2. The van der Waals surface area contributed by atoms with E-state index in [2.05, 4.69) is 16.0 Å². The van der Waals surface area contributed by atoms with E-state index in [9.17, 15) is 4.39 Å². The van der Waals surface area contributed by atoms with E-state index < -0.39 is 0 Å². The van der Waals surface area contributed by atoms with Crippen LogP contribution in [0.3, 0.4) is 0 Å². The Morgan fingerprint density at radius 2 is 2.00 bits per heavy atom. The first kappa shape index (κ1) is 12.0. The number of fused-ring (bicyclic) bond motifs is 2. The summed E-state index contributed by atoms with van der Waals surface area (Å²) in [5.74, 6) is -0.300. The Bertz CT molecular complexity index is 943. The quantitative estimate of drug-likeness (QED) is 0.560. The molecule has 4 heteroatoms. The van der Waals surface area contributed by atoms with Gasteiger partial charge in [0.05, 0.1) is 5.52 Å².